The Bertz CT molecular complexity index is 297. The summed E-state index contributed by atoms with van der Waals surface area (Å²) < 4.78 is 0. The second-order valence-corrected chi connectivity index (χ2v) is 7.48. The van der Waals surface area contributed by atoms with Gasteiger partial charge in [-0.05, 0) is 43.4 Å². The van der Waals surface area contributed by atoms with Gasteiger partial charge in [0.1, 0.15) is 5.78 Å². The highest BCUT2D eigenvalue weighted by atomic mass is 79.9. The molecule has 3 atom stereocenters. The van der Waals surface area contributed by atoms with Crippen LogP contribution in [0.25, 0.3) is 0 Å². The molecule has 0 aromatic heterocycles. The van der Waals surface area contributed by atoms with Gasteiger partial charge < -0.3 is 0 Å². The van der Waals surface area contributed by atoms with Crippen LogP contribution in [0.15, 0.2) is 0 Å². The molecule has 2 fully saturated rings. The van der Waals surface area contributed by atoms with E-state index < -0.39 is 0 Å². The molecule has 0 aromatic carbocycles. The van der Waals surface area contributed by atoms with Crippen LogP contribution in [0.5, 0.6) is 0 Å². The largest absolute Gasteiger partial charge is 0.299 e. The number of ketones is 1. The number of alkyl halides is 1. The molecule has 0 aromatic rings. The maximum absolute atomic E-state index is 12.5. The number of hydrogen-bond acceptors (Lipinski definition) is 1. The predicted molar refractivity (Wildman–Crippen MR) is 70.8 cm³/mol. The van der Waals surface area contributed by atoms with E-state index in [1.807, 2.05) is 0 Å². The van der Waals surface area contributed by atoms with Gasteiger partial charge in [-0.2, -0.15) is 0 Å². The zero-order valence-corrected chi connectivity index (χ0v) is 12.3. The van der Waals surface area contributed by atoms with Crippen molar-refractivity contribution in [3.63, 3.8) is 0 Å². The standard InChI is InChI=1S/C14H23BrO/c1-13(2)9-14(3)7-6-10(5-4-8-15)11(14)12(13)16/h10-11H,4-9H2,1-3H3/t10-,11-,14+/m1/s1. The van der Waals surface area contributed by atoms with Gasteiger partial charge in [-0.1, -0.05) is 36.7 Å². The molecule has 0 spiro atoms. The van der Waals surface area contributed by atoms with E-state index in [1.54, 1.807) is 0 Å². The Morgan fingerprint density at radius 1 is 1.38 bits per heavy atom. The maximum Gasteiger partial charge on any atom is 0.142 e. The van der Waals surface area contributed by atoms with Gasteiger partial charge in [0.2, 0.25) is 0 Å². The number of carbonyl (C=O) groups excluding carboxylic acids is 1. The minimum Gasteiger partial charge on any atom is -0.299 e. The lowest BCUT2D eigenvalue weighted by atomic mass is 9.78. The first-order valence-electron chi connectivity index (χ1n) is 6.51. The summed E-state index contributed by atoms with van der Waals surface area (Å²) in [6.07, 6.45) is 6.09. The van der Waals surface area contributed by atoms with Gasteiger partial charge in [0.25, 0.3) is 0 Å². The summed E-state index contributed by atoms with van der Waals surface area (Å²) in [6, 6.07) is 0. The van der Waals surface area contributed by atoms with Gasteiger partial charge in [-0.3, -0.25) is 4.79 Å². The summed E-state index contributed by atoms with van der Waals surface area (Å²) in [5.41, 5.74) is 0.254. The summed E-state index contributed by atoms with van der Waals surface area (Å²) in [7, 11) is 0. The van der Waals surface area contributed by atoms with Crippen molar-refractivity contribution in [1.82, 2.24) is 0 Å². The predicted octanol–water partition coefficient (Wildman–Crippen LogP) is 4.19. The third-order valence-corrected chi connectivity index (χ3v) is 5.37. The summed E-state index contributed by atoms with van der Waals surface area (Å²) >= 11 is 3.50. The lowest BCUT2D eigenvalue weighted by Crippen LogP contribution is -2.27. The summed E-state index contributed by atoms with van der Waals surface area (Å²) in [5.74, 6) is 1.57. The van der Waals surface area contributed by atoms with E-state index in [9.17, 15) is 4.79 Å². The normalized spacial score (nSPS) is 41.4. The molecule has 0 radical (unpaired) electrons. The molecule has 16 heavy (non-hydrogen) atoms. The first kappa shape index (κ1) is 12.6. The van der Waals surface area contributed by atoms with Crippen LogP contribution in [0.3, 0.4) is 0 Å². The average Bonchev–Trinajstić information content (AvgIpc) is 2.57. The van der Waals surface area contributed by atoms with Crippen molar-refractivity contribution >= 4 is 21.7 Å². The third kappa shape index (κ3) is 1.87. The smallest absolute Gasteiger partial charge is 0.142 e. The molecular weight excluding hydrogens is 264 g/mol. The second kappa shape index (κ2) is 4.12. The van der Waals surface area contributed by atoms with Gasteiger partial charge in [-0.15, -0.1) is 0 Å². The Balaban J connectivity index is 2.16. The molecule has 0 unspecified atom stereocenters. The van der Waals surface area contributed by atoms with Crippen molar-refractivity contribution in [3.05, 3.63) is 0 Å². The van der Waals surface area contributed by atoms with Gasteiger partial charge in [-0.25, -0.2) is 0 Å². The fourth-order valence-electron chi connectivity index (χ4n) is 4.30. The molecule has 2 aliphatic carbocycles. The summed E-state index contributed by atoms with van der Waals surface area (Å²) in [6.45, 7) is 6.62. The monoisotopic (exact) mass is 286 g/mol. The quantitative estimate of drug-likeness (QED) is 0.711. The molecule has 0 heterocycles. The topological polar surface area (TPSA) is 17.1 Å². The van der Waals surface area contributed by atoms with Crippen LogP contribution in [0.4, 0.5) is 0 Å². The Kier molecular flexibility index (Phi) is 3.24. The van der Waals surface area contributed by atoms with E-state index in [0.717, 1.165) is 11.8 Å². The number of hydrogen-bond donors (Lipinski definition) is 0. The summed E-state index contributed by atoms with van der Waals surface area (Å²) in [5, 5.41) is 1.07. The molecule has 2 saturated carbocycles. The van der Waals surface area contributed by atoms with E-state index in [0.29, 0.717) is 23.0 Å². The van der Waals surface area contributed by atoms with E-state index >= 15 is 0 Å². The SMILES string of the molecule is CC1(C)C[C@]2(C)CC[C@@H](CCCBr)[C@@H]2C1=O. The zero-order chi connectivity index (χ0) is 12.0. The minimum atomic E-state index is -0.0630. The molecule has 2 aliphatic rings. The van der Waals surface area contributed by atoms with Gasteiger partial charge in [0.05, 0.1) is 0 Å². The molecule has 2 rings (SSSR count). The Morgan fingerprint density at radius 3 is 2.69 bits per heavy atom. The van der Waals surface area contributed by atoms with Crippen LogP contribution >= 0.6 is 15.9 Å². The number of carbonyl (C=O) groups is 1. The van der Waals surface area contributed by atoms with Crippen molar-refractivity contribution < 1.29 is 4.79 Å². The Hall–Kier alpha value is 0.150. The van der Waals surface area contributed by atoms with Crippen LogP contribution in [-0.4, -0.2) is 11.1 Å². The molecule has 92 valence electrons. The van der Waals surface area contributed by atoms with Crippen molar-refractivity contribution in [1.29, 1.82) is 0 Å². The first-order chi connectivity index (χ1) is 7.41. The van der Waals surface area contributed by atoms with E-state index in [1.165, 1.54) is 25.7 Å². The van der Waals surface area contributed by atoms with E-state index in [2.05, 4.69) is 36.7 Å². The minimum absolute atomic E-state index is 0.0630. The molecule has 0 aliphatic heterocycles. The third-order valence-electron chi connectivity index (χ3n) is 4.81. The number of fused-ring (bicyclic) bond motifs is 1. The van der Waals surface area contributed by atoms with Gasteiger partial charge in [0.15, 0.2) is 0 Å². The molecule has 0 amide bonds. The van der Waals surface area contributed by atoms with Crippen LogP contribution in [0, 0.1) is 22.7 Å². The number of Topliss-reactive ketones (excluding diaryl/α,β-unsaturated/α-hetero) is 1. The van der Waals surface area contributed by atoms with Crippen LogP contribution in [0.1, 0.15) is 52.9 Å². The fraction of sp³-hybridized carbons (Fsp3) is 0.929. The Labute approximate surface area is 108 Å². The fourth-order valence-corrected chi connectivity index (χ4v) is 4.63. The van der Waals surface area contributed by atoms with Crippen LogP contribution in [0.2, 0.25) is 0 Å². The maximum atomic E-state index is 12.5. The van der Waals surface area contributed by atoms with Gasteiger partial charge in [0, 0.05) is 16.7 Å². The molecule has 0 N–H and O–H groups in total. The molecule has 2 heteroatoms. The van der Waals surface area contributed by atoms with Crippen LogP contribution < -0.4 is 0 Å². The number of rotatable bonds is 3. The van der Waals surface area contributed by atoms with Crippen molar-refractivity contribution in [3.8, 4) is 0 Å². The molecular formula is C14H23BrO. The summed E-state index contributed by atoms with van der Waals surface area (Å²) in [4.78, 5) is 12.5. The van der Waals surface area contributed by atoms with Crippen LogP contribution in [-0.2, 0) is 4.79 Å². The van der Waals surface area contributed by atoms with Crippen molar-refractivity contribution in [2.45, 2.75) is 52.9 Å². The zero-order valence-electron chi connectivity index (χ0n) is 10.7. The first-order valence-corrected chi connectivity index (χ1v) is 7.63. The van der Waals surface area contributed by atoms with Crippen molar-refractivity contribution in [2.24, 2.45) is 22.7 Å². The van der Waals surface area contributed by atoms with Gasteiger partial charge >= 0.3 is 0 Å². The molecule has 0 bridgehead atoms. The lowest BCUT2D eigenvalue weighted by Gasteiger charge is -2.25. The molecule has 1 nitrogen and oxygen atoms in total. The lowest BCUT2D eigenvalue weighted by molar-refractivity contribution is -0.129. The highest BCUT2D eigenvalue weighted by molar-refractivity contribution is 9.09. The van der Waals surface area contributed by atoms with E-state index in [4.69, 9.17) is 0 Å². The van der Waals surface area contributed by atoms with E-state index in [-0.39, 0.29) is 5.41 Å². The Morgan fingerprint density at radius 2 is 2.06 bits per heavy atom. The average molecular weight is 287 g/mol. The highest BCUT2D eigenvalue weighted by Crippen LogP contribution is 2.61. The number of halogens is 1. The second-order valence-electron chi connectivity index (χ2n) is 6.69. The highest BCUT2D eigenvalue weighted by Gasteiger charge is 2.59. The van der Waals surface area contributed by atoms with Crippen molar-refractivity contribution in [2.75, 3.05) is 5.33 Å². The molecule has 0 saturated heterocycles.